The molecule has 0 saturated heterocycles. The number of hydrogen-bond donors (Lipinski definition) is 0. The molecule has 0 aromatic heterocycles. The molecule has 0 N–H and O–H groups in total. The Morgan fingerprint density at radius 3 is 2.79 bits per heavy atom. The molecule has 1 rings (SSSR count). The van der Waals surface area contributed by atoms with Gasteiger partial charge in [-0.05, 0) is 24.1 Å². The summed E-state index contributed by atoms with van der Waals surface area (Å²) >= 11 is 0. The largest absolute Gasteiger partial charge is 0.495 e. The highest BCUT2D eigenvalue weighted by atomic mass is 16.5. The minimum Gasteiger partial charge on any atom is -0.495 e. The van der Waals surface area contributed by atoms with Crippen LogP contribution in [-0.2, 0) is 11.2 Å². The lowest BCUT2D eigenvalue weighted by Crippen LogP contribution is -1.97. The zero-order valence-corrected chi connectivity index (χ0v) is 8.20. The summed E-state index contributed by atoms with van der Waals surface area (Å²) in [7, 11) is 1.52. The molecule has 0 aliphatic heterocycles. The van der Waals surface area contributed by atoms with E-state index in [0.717, 1.165) is 17.4 Å². The molecule has 0 unspecified atom stereocenters. The van der Waals surface area contributed by atoms with Gasteiger partial charge in [-0.1, -0.05) is 6.07 Å². The van der Waals surface area contributed by atoms with Crippen LogP contribution in [-0.4, -0.2) is 13.4 Å². The third-order valence-corrected chi connectivity index (χ3v) is 2.15. The Morgan fingerprint density at radius 1 is 1.57 bits per heavy atom. The molecule has 0 aliphatic rings. The minimum absolute atomic E-state index is 0.355. The molecule has 3 heteroatoms. The molecular formula is C11H11NO2. The summed E-state index contributed by atoms with van der Waals surface area (Å²) in [5.74, 6) is 0.562. The van der Waals surface area contributed by atoms with Crippen LogP contribution in [0.2, 0.25) is 0 Å². The Labute approximate surface area is 82.9 Å². The molecule has 0 saturated carbocycles. The van der Waals surface area contributed by atoms with E-state index in [1.807, 2.05) is 13.0 Å². The first-order valence-electron chi connectivity index (χ1n) is 4.24. The van der Waals surface area contributed by atoms with Gasteiger partial charge in [0.25, 0.3) is 0 Å². The van der Waals surface area contributed by atoms with E-state index in [1.54, 1.807) is 12.1 Å². The second kappa shape index (κ2) is 4.43. The first-order valence-corrected chi connectivity index (χ1v) is 4.24. The fourth-order valence-corrected chi connectivity index (χ4v) is 1.39. The average molecular weight is 189 g/mol. The van der Waals surface area contributed by atoms with E-state index in [2.05, 4.69) is 0 Å². The molecule has 0 spiro atoms. The summed E-state index contributed by atoms with van der Waals surface area (Å²) in [6.07, 6.45) is 1.20. The second-order valence-electron chi connectivity index (χ2n) is 2.91. The van der Waals surface area contributed by atoms with Gasteiger partial charge in [0, 0.05) is 6.42 Å². The van der Waals surface area contributed by atoms with Crippen molar-refractivity contribution >= 4 is 6.29 Å². The van der Waals surface area contributed by atoms with Crippen LogP contribution < -0.4 is 4.74 Å². The standard InChI is InChI=1S/C11H11NO2/c1-8-9(5-6-13)3-4-10(7-12)11(8)14-2/h3-4,6H,5H2,1-2H3. The van der Waals surface area contributed by atoms with Gasteiger partial charge in [-0.2, -0.15) is 5.26 Å². The van der Waals surface area contributed by atoms with Gasteiger partial charge in [0.05, 0.1) is 12.7 Å². The summed E-state index contributed by atoms with van der Waals surface area (Å²) in [4.78, 5) is 10.4. The van der Waals surface area contributed by atoms with Crippen LogP contribution in [0.3, 0.4) is 0 Å². The summed E-state index contributed by atoms with van der Waals surface area (Å²) in [5, 5.41) is 8.80. The van der Waals surface area contributed by atoms with Crippen LogP contribution in [0.15, 0.2) is 12.1 Å². The quantitative estimate of drug-likeness (QED) is 0.679. The van der Waals surface area contributed by atoms with Crippen LogP contribution in [0.25, 0.3) is 0 Å². The average Bonchev–Trinajstić information content (AvgIpc) is 2.21. The number of methoxy groups -OCH3 is 1. The molecular weight excluding hydrogens is 178 g/mol. The maximum atomic E-state index is 10.4. The predicted octanol–water partition coefficient (Wildman–Crippen LogP) is 1.62. The lowest BCUT2D eigenvalue weighted by Gasteiger charge is -2.09. The Balaban J connectivity index is 3.28. The number of aldehydes is 1. The van der Waals surface area contributed by atoms with Gasteiger partial charge in [0.15, 0.2) is 0 Å². The number of carbonyl (C=O) groups is 1. The molecule has 0 heterocycles. The van der Waals surface area contributed by atoms with E-state index < -0.39 is 0 Å². The van der Waals surface area contributed by atoms with Gasteiger partial charge in [-0.25, -0.2) is 0 Å². The zero-order chi connectivity index (χ0) is 10.6. The lowest BCUT2D eigenvalue weighted by molar-refractivity contribution is -0.107. The zero-order valence-electron chi connectivity index (χ0n) is 8.20. The maximum absolute atomic E-state index is 10.4. The normalized spacial score (nSPS) is 9.21. The molecule has 0 aliphatic carbocycles. The molecule has 0 amide bonds. The Kier molecular flexibility index (Phi) is 3.24. The van der Waals surface area contributed by atoms with Crippen LogP contribution >= 0.6 is 0 Å². The molecule has 1 aromatic rings. The maximum Gasteiger partial charge on any atom is 0.139 e. The SMILES string of the molecule is COc1c(C#N)ccc(CC=O)c1C. The number of nitrogens with zero attached hydrogens (tertiary/aromatic N) is 1. The second-order valence-corrected chi connectivity index (χ2v) is 2.91. The van der Waals surface area contributed by atoms with E-state index in [4.69, 9.17) is 10.00 Å². The van der Waals surface area contributed by atoms with Crippen molar-refractivity contribution in [3.63, 3.8) is 0 Å². The van der Waals surface area contributed by atoms with E-state index in [0.29, 0.717) is 17.7 Å². The molecule has 14 heavy (non-hydrogen) atoms. The van der Waals surface area contributed by atoms with Gasteiger partial charge in [-0.3, -0.25) is 0 Å². The van der Waals surface area contributed by atoms with Crippen molar-refractivity contribution in [1.82, 2.24) is 0 Å². The predicted molar refractivity (Wildman–Crippen MR) is 52.2 cm³/mol. The fraction of sp³-hybridized carbons (Fsp3) is 0.273. The molecule has 3 nitrogen and oxygen atoms in total. The fourth-order valence-electron chi connectivity index (χ4n) is 1.39. The number of hydrogen-bond acceptors (Lipinski definition) is 3. The molecule has 72 valence electrons. The van der Waals surface area contributed by atoms with Crippen LogP contribution in [0, 0.1) is 18.3 Å². The molecule has 0 atom stereocenters. The molecule has 1 aromatic carbocycles. The number of carbonyl (C=O) groups excluding carboxylic acids is 1. The van der Waals surface area contributed by atoms with Crippen molar-refractivity contribution in [1.29, 1.82) is 5.26 Å². The third-order valence-electron chi connectivity index (χ3n) is 2.15. The van der Waals surface area contributed by atoms with Crippen LogP contribution in [0.1, 0.15) is 16.7 Å². The highest BCUT2D eigenvalue weighted by Gasteiger charge is 2.09. The number of nitriles is 1. The van der Waals surface area contributed by atoms with Gasteiger partial charge in [0.1, 0.15) is 18.1 Å². The van der Waals surface area contributed by atoms with Crippen molar-refractivity contribution < 1.29 is 9.53 Å². The number of ether oxygens (including phenoxy) is 1. The van der Waals surface area contributed by atoms with Crippen molar-refractivity contribution in [2.75, 3.05) is 7.11 Å². The first kappa shape index (κ1) is 10.3. The van der Waals surface area contributed by atoms with Gasteiger partial charge < -0.3 is 9.53 Å². The number of rotatable bonds is 3. The smallest absolute Gasteiger partial charge is 0.139 e. The Bertz CT molecular complexity index is 391. The summed E-state index contributed by atoms with van der Waals surface area (Å²) in [6.45, 7) is 1.85. The van der Waals surface area contributed by atoms with E-state index in [9.17, 15) is 4.79 Å². The van der Waals surface area contributed by atoms with Crippen molar-refractivity contribution in [3.8, 4) is 11.8 Å². The van der Waals surface area contributed by atoms with Crippen LogP contribution in [0.5, 0.6) is 5.75 Å². The topological polar surface area (TPSA) is 50.1 Å². The van der Waals surface area contributed by atoms with Crippen LogP contribution in [0.4, 0.5) is 0 Å². The molecule has 0 bridgehead atoms. The Hall–Kier alpha value is -1.82. The highest BCUT2D eigenvalue weighted by Crippen LogP contribution is 2.25. The first-order chi connectivity index (χ1) is 6.74. The summed E-state index contributed by atoms with van der Waals surface area (Å²) < 4.78 is 5.12. The monoisotopic (exact) mass is 189 g/mol. The molecule has 0 fully saturated rings. The van der Waals surface area contributed by atoms with Crippen molar-refractivity contribution in [2.24, 2.45) is 0 Å². The highest BCUT2D eigenvalue weighted by molar-refractivity contribution is 5.60. The van der Waals surface area contributed by atoms with Gasteiger partial charge >= 0.3 is 0 Å². The van der Waals surface area contributed by atoms with E-state index in [-0.39, 0.29) is 0 Å². The summed E-state index contributed by atoms with van der Waals surface area (Å²) in [6, 6.07) is 5.50. The lowest BCUT2D eigenvalue weighted by atomic mass is 10.0. The third kappa shape index (κ3) is 1.74. The van der Waals surface area contributed by atoms with Gasteiger partial charge in [-0.15, -0.1) is 0 Å². The summed E-state index contributed by atoms with van der Waals surface area (Å²) in [5.41, 5.74) is 2.26. The molecule has 0 radical (unpaired) electrons. The minimum atomic E-state index is 0.355. The Morgan fingerprint density at radius 2 is 2.29 bits per heavy atom. The van der Waals surface area contributed by atoms with Crippen molar-refractivity contribution in [2.45, 2.75) is 13.3 Å². The number of benzene rings is 1. The van der Waals surface area contributed by atoms with Crippen molar-refractivity contribution in [3.05, 3.63) is 28.8 Å². The van der Waals surface area contributed by atoms with Gasteiger partial charge in [0.2, 0.25) is 0 Å². The van der Waals surface area contributed by atoms with E-state index in [1.165, 1.54) is 7.11 Å². The van der Waals surface area contributed by atoms with E-state index >= 15 is 0 Å².